The summed E-state index contributed by atoms with van der Waals surface area (Å²) < 4.78 is 5.46. The molecule has 7 nitrogen and oxygen atoms in total. The van der Waals surface area contributed by atoms with E-state index in [1.807, 2.05) is 11.0 Å². The van der Waals surface area contributed by atoms with Crippen LogP contribution < -0.4 is 10.6 Å². The lowest BCUT2D eigenvalue weighted by Gasteiger charge is -2.27. The molecule has 158 valence electrons. The van der Waals surface area contributed by atoms with Crippen LogP contribution in [0, 0.1) is 0 Å². The van der Waals surface area contributed by atoms with Gasteiger partial charge in [0.25, 0.3) is 0 Å². The van der Waals surface area contributed by atoms with Gasteiger partial charge in [-0.1, -0.05) is 25.9 Å². The number of nitrogens with one attached hydrogen (secondary N) is 2. The van der Waals surface area contributed by atoms with Crippen molar-refractivity contribution in [3.8, 4) is 0 Å². The molecule has 0 radical (unpaired) electrons. The first-order valence-corrected chi connectivity index (χ1v) is 10.9. The molecule has 1 aromatic heterocycles. The van der Waals surface area contributed by atoms with Gasteiger partial charge in [0.15, 0.2) is 11.7 Å². The third-order valence-corrected chi connectivity index (χ3v) is 5.51. The van der Waals surface area contributed by atoms with Crippen LogP contribution in [0.2, 0.25) is 0 Å². The highest BCUT2D eigenvalue weighted by molar-refractivity contribution is 5.80. The van der Waals surface area contributed by atoms with E-state index in [0.29, 0.717) is 30.8 Å². The summed E-state index contributed by atoms with van der Waals surface area (Å²) in [6.07, 6.45) is 5.72. The fourth-order valence-electron chi connectivity index (χ4n) is 3.79. The topological polar surface area (TPSA) is 82.8 Å². The number of carbonyl (C=O) groups excluding carboxylic acids is 1. The smallest absolute Gasteiger partial charge is 0.222 e. The normalized spacial score (nSPS) is 16.1. The molecule has 2 N–H and O–H groups in total. The van der Waals surface area contributed by atoms with E-state index >= 15 is 0 Å². The lowest BCUT2D eigenvalue weighted by molar-refractivity contribution is -0.129. The second kappa shape index (κ2) is 11.7. The molecule has 0 saturated carbocycles. The molecule has 1 unspecified atom stereocenters. The Balaban J connectivity index is 1.87. The summed E-state index contributed by atoms with van der Waals surface area (Å²) in [6.45, 7) is 11.5. The van der Waals surface area contributed by atoms with E-state index in [1.165, 1.54) is 0 Å². The van der Waals surface area contributed by atoms with Gasteiger partial charge in [0, 0.05) is 44.1 Å². The number of rotatable bonds is 11. The molecule has 0 aliphatic carbocycles. The van der Waals surface area contributed by atoms with E-state index in [4.69, 9.17) is 4.52 Å². The Kier molecular flexibility index (Phi) is 9.31. The second-order valence-electron chi connectivity index (χ2n) is 7.39. The van der Waals surface area contributed by atoms with Gasteiger partial charge in [0.2, 0.25) is 5.91 Å². The highest BCUT2D eigenvalue weighted by Gasteiger charge is 2.26. The van der Waals surface area contributed by atoms with Gasteiger partial charge in [0.1, 0.15) is 6.54 Å². The molecule has 0 bridgehead atoms. The predicted octanol–water partition coefficient (Wildman–Crippen LogP) is 3.42. The van der Waals surface area contributed by atoms with Crippen molar-refractivity contribution in [3.05, 3.63) is 17.5 Å². The van der Waals surface area contributed by atoms with Crippen molar-refractivity contribution >= 4 is 11.9 Å². The van der Waals surface area contributed by atoms with Crippen molar-refractivity contribution in [2.24, 2.45) is 4.99 Å². The van der Waals surface area contributed by atoms with Crippen molar-refractivity contribution in [2.45, 2.75) is 84.7 Å². The minimum atomic E-state index is 0.297. The molecule has 1 fully saturated rings. The number of amides is 1. The molecule has 1 aliphatic rings. The van der Waals surface area contributed by atoms with Gasteiger partial charge in [-0.15, -0.1) is 0 Å². The first-order valence-electron chi connectivity index (χ1n) is 10.9. The van der Waals surface area contributed by atoms with E-state index in [2.05, 4.69) is 48.5 Å². The van der Waals surface area contributed by atoms with Crippen LogP contribution in [0.15, 0.2) is 15.6 Å². The zero-order valence-corrected chi connectivity index (χ0v) is 18.0. The minimum absolute atomic E-state index is 0.297. The molecule has 1 aliphatic heterocycles. The second-order valence-corrected chi connectivity index (χ2v) is 7.39. The van der Waals surface area contributed by atoms with Crippen LogP contribution in [0.4, 0.5) is 0 Å². The summed E-state index contributed by atoms with van der Waals surface area (Å²) in [5.74, 6) is 2.30. The molecule has 1 aromatic rings. The van der Waals surface area contributed by atoms with Gasteiger partial charge in [-0.05, 0) is 39.0 Å². The summed E-state index contributed by atoms with van der Waals surface area (Å²) in [4.78, 5) is 18.6. The first kappa shape index (κ1) is 22.2. The van der Waals surface area contributed by atoms with Crippen LogP contribution in [0.5, 0.6) is 0 Å². The van der Waals surface area contributed by atoms with Crippen LogP contribution in [0.3, 0.4) is 0 Å². The Hall–Kier alpha value is -2.05. The van der Waals surface area contributed by atoms with E-state index < -0.39 is 0 Å². The van der Waals surface area contributed by atoms with Gasteiger partial charge in [-0.2, -0.15) is 0 Å². The molecule has 0 aromatic carbocycles. The van der Waals surface area contributed by atoms with Gasteiger partial charge in [-0.25, -0.2) is 4.99 Å². The SMILES string of the molecule is CCNC(=NCc1cc(C(CC)CC)no1)NCCC(CC)N1CCCC1=O. The van der Waals surface area contributed by atoms with Crippen LogP contribution in [-0.2, 0) is 11.3 Å². The fraction of sp³-hybridized carbons (Fsp3) is 0.762. The van der Waals surface area contributed by atoms with Gasteiger partial charge < -0.3 is 20.1 Å². The Labute approximate surface area is 169 Å². The fourth-order valence-corrected chi connectivity index (χ4v) is 3.79. The average Bonchev–Trinajstić information content (AvgIpc) is 3.34. The quantitative estimate of drug-likeness (QED) is 0.446. The third kappa shape index (κ3) is 6.24. The summed E-state index contributed by atoms with van der Waals surface area (Å²) in [5, 5.41) is 10.9. The van der Waals surface area contributed by atoms with Crippen molar-refractivity contribution in [1.82, 2.24) is 20.7 Å². The van der Waals surface area contributed by atoms with Gasteiger partial charge >= 0.3 is 0 Å². The summed E-state index contributed by atoms with van der Waals surface area (Å²) in [7, 11) is 0. The van der Waals surface area contributed by atoms with Crippen molar-refractivity contribution in [3.63, 3.8) is 0 Å². The molecule has 28 heavy (non-hydrogen) atoms. The van der Waals surface area contributed by atoms with Crippen molar-refractivity contribution in [2.75, 3.05) is 19.6 Å². The number of aliphatic imine (C=N–C) groups is 1. The van der Waals surface area contributed by atoms with Crippen LogP contribution in [0.25, 0.3) is 0 Å². The largest absolute Gasteiger partial charge is 0.359 e. The molecule has 1 amide bonds. The lowest BCUT2D eigenvalue weighted by Crippen LogP contribution is -2.42. The Morgan fingerprint density at radius 1 is 1.25 bits per heavy atom. The number of likely N-dealkylation sites (tertiary alicyclic amines) is 1. The third-order valence-electron chi connectivity index (χ3n) is 5.51. The number of hydrogen-bond donors (Lipinski definition) is 2. The molecular weight excluding hydrogens is 354 g/mol. The maximum absolute atomic E-state index is 12.0. The number of hydrogen-bond acceptors (Lipinski definition) is 4. The summed E-state index contributed by atoms with van der Waals surface area (Å²) in [5.41, 5.74) is 1.02. The molecule has 0 spiro atoms. The molecular formula is C21H37N5O2. The monoisotopic (exact) mass is 391 g/mol. The van der Waals surface area contributed by atoms with Crippen LogP contribution in [0.1, 0.15) is 83.6 Å². The van der Waals surface area contributed by atoms with E-state index in [1.54, 1.807) is 0 Å². The predicted molar refractivity (Wildman–Crippen MR) is 112 cm³/mol. The van der Waals surface area contributed by atoms with E-state index in [-0.39, 0.29) is 0 Å². The zero-order chi connectivity index (χ0) is 20.4. The van der Waals surface area contributed by atoms with Crippen LogP contribution in [-0.4, -0.2) is 47.6 Å². The summed E-state index contributed by atoms with van der Waals surface area (Å²) >= 11 is 0. The molecule has 1 atom stereocenters. The first-order chi connectivity index (χ1) is 13.6. The summed E-state index contributed by atoms with van der Waals surface area (Å²) in [6, 6.07) is 2.33. The number of guanidine groups is 1. The maximum Gasteiger partial charge on any atom is 0.222 e. The lowest BCUT2D eigenvalue weighted by atomic mass is 9.99. The van der Waals surface area contributed by atoms with Gasteiger partial charge in [-0.3, -0.25) is 4.79 Å². The van der Waals surface area contributed by atoms with E-state index in [0.717, 1.165) is 69.2 Å². The highest BCUT2D eigenvalue weighted by atomic mass is 16.5. The molecule has 2 rings (SSSR count). The molecule has 2 heterocycles. The van der Waals surface area contributed by atoms with Crippen molar-refractivity contribution < 1.29 is 9.32 Å². The Bertz CT molecular complexity index is 624. The van der Waals surface area contributed by atoms with Gasteiger partial charge in [0.05, 0.1) is 5.69 Å². The molecule has 7 heteroatoms. The number of nitrogens with zero attached hydrogens (tertiary/aromatic N) is 3. The molecule has 1 saturated heterocycles. The average molecular weight is 392 g/mol. The van der Waals surface area contributed by atoms with Crippen LogP contribution >= 0.6 is 0 Å². The minimum Gasteiger partial charge on any atom is -0.359 e. The van der Waals surface area contributed by atoms with E-state index in [9.17, 15) is 4.79 Å². The maximum atomic E-state index is 12.0. The number of carbonyl (C=O) groups is 1. The zero-order valence-electron chi connectivity index (χ0n) is 18.0. The van der Waals surface area contributed by atoms with Crippen molar-refractivity contribution in [1.29, 1.82) is 0 Å². The standard InChI is InChI=1S/C21H37N5O2/c1-5-16(6-2)19-14-18(28-25-19)15-24-21(22-8-4)23-12-11-17(7-3)26-13-9-10-20(26)27/h14,16-17H,5-13,15H2,1-4H3,(H2,22,23,24). The highest BCUT2D eigenvalue weighted by Crippen LogP contribution is 2.22. The Morgan fingerprint density at radius 2 is 2.04 bits per heavy atom. The number of aromatic nitrogens is 1. The Morgan fingerprint density at radius 3 is 2.64 bits per heavy atom.